The van der Waals surface area contributed by atoms with Crippen molar-refractivity contribution in [2.45, 2.75) is 49.4 Å². The van der Waals surface area contributed by atoms with Crippen molar-refractivity contribution in [3.8, 4) is 0 Å². The third-order valence-corrected chi connectivity index (χ3v) is 5.60. The SMILES string of the molecule is CCNC(=NCC(C)Sc1ccccc1)N1CCC(OCCCOC)CC1.I. The maximum atomic E-state index is 5.97. The van der Waals surface area contributed by atoms with Gasteiger partial charge in [-0.15, -0.1) is 35.7 Å². The summed E-state index contributed by atoms with van der Waals surface area (Å²) in [6.07, 6.45) is 3.46. The van der Waals surface area contributed by atoms with E-state index in [1.807, 2.05) is 11.8 Å². The molecule has 1 unspecified atom stereocenters. The van der Waals surface area contributed by atoms with Gasteiger partial charge in [-0.25, -0.2) is 0 Å². The number of rotatable bonds is 10. The van der Waals surface area contributed by atoms with Gasteiger partial charge in [-0.3, -0.25) is 4.99 Å². The molecule has 1 aliphatic heterocycles. The summed E-state index contributed by atoms with van der Waals surface area (Å²) in [6.45, 7) is 9.65. The lowest BCUT2D eigenvalue weighted by Crippen LogP contribution is -2.47. The van der Waals surface area contributed by atoms with Crippen molar-refractivity contribution >= 4 is 41.7 Å². The van der Waals surface area contributed by atoms with Crippen molar-refractivity contribution in [1.82, 2.24) is 10.2 Å². The number of nitrogens with one attached hydrogen (secondary N) is 1. The number of hydrogen-bond acceptors (Lipinski definition) is 4. The Balaban J connectivity index is 0.00000392. The van der Waals surface area contributed by atoms with E-state index in [0.717, 1.165) is 64.6 Å². The first kappa shape index (κ1) is 25.5. The van der Waals surface area contributed by atoms with Gasteiger partial charge in [-0.1, -0.05) is 25.1 Å². The Hall–Kier alpha value is -0.510. The van der Waals surface area contributed by atoms with Crippen LogP contribution in [0.5, 0.6) is 0 Å². The number of ether oxygens (including phenoxy) is 2. The van der Waals surface area contributed by atoms with E-state index >= 15 is 0 Å². The number of nitrogens with zero attached hydrogens (tertiary/aromatic N) is 2. The Labute approximate surface area is 192 Å². The lowest BCUT2D eigenvalue weighted by atomic mass is 10.1. The summed E-state index contributed by atoms with van der Waals surface area (Å²) < 4.78 is 11.0. The first-order valence-corrected chi connectivity index (χ1v) is 11.0. The zero-order valence-electron chi connectivity index (χ0n) is 17.4. The Morgan fingerprint density at radius 3 is 2.61 bits per heavy atom. The van der Waals surface area contributed by atoms with Gasteiger partial charge in [-0.05, 0) is 38.3 Å². The predicted octanol–water partition coefficient (Wildman–Crippen LogP) is 4.27. The molecular formula is C21H36IN3O2S. The van der Waals surface area contributed by atoms with Crippen LogP contribution in [-0.4, -0.2) is 68.7 Å². The second kappa shape index (κ2) is 15.3. The van der Waals surface area contributed by atoms with Crippen molar-refractivity contribution in [3.63, 3.8) is 0 Å². The summed E-state index contributed by atoms with van der Waals surface area (Å²) in [5, 5.41) is 3.90. The minimum atomic E-state index is 0. The number of guanidine groups is 1. The Bertz CT molecular complexity index is 540. The molecule has 0 aromatic heterocycles. The number of likely N-dealkylation sites (tertiary alicyclic amines) is 1. The molecule has 0 saturated carbocycles. The molecular weight excluding hydrogens is 485 g/mol. The van der Waals surface area contributed by atoms with Crippen LogP contribution >= 0.6 is 35.7 Å². The van der Waals surface area contributed by atoms with Gasteiger partial charge in [0.05, 0.1) is 12.6 Å². The molecule has 0 amide bonds. The van der Waals surface area contributed by atoms with Gasteiger partial charge in [0, 0.05) is 50.1 Å². The zero-order valence-corrected chi connectivity index (χ0v) is 20.6. The van der Waals surface area contributed by atoms with Gasteiger partial charge >= 0.3 is 0 Å². The summed E-state index contributed by atoms with van der Waals surface area (Å²) in [5.41, 5.74) is 0. The quantitative estimate of drug-likeness (QED) is 0.164. The summed E-state index contributed by atoms with van der Waals surface area (Å²) in [7, 11) is 1.74. The van der Waals surface area contributed by atoms with Crippen LogP contribution in [-0.2, 0) is 9.47 Å². The highest BCUT2D eigenvalue weighted by Crippen LogP contribution is 2.23. The average molecular weight is 522 g/mol. The molecule has 0 spiro atoms. The van der Waals surface area contributed by atoms with Crippen LogP contribution < -0.4 is 5.32 Å². The van der Waals surface area contributed by atoms with Crippen LogP contribution in [0.2, 0.25) is 0 Å². The lowest BCUT2D eigenvalue weighted by molar-refractivity contribution is 0.00991. The smallest absolute Gasteiger partial charge is 0.193 e. The molecule has 1 aliphatic rings. The number of halogens is 1. The molecule has 5 nitrogen and oxygen atoms in total. The largest absolute Gasteiger partial charge is 0.385 e. The highest BCUT2D eigenvalue weighted by atomic mass is 127. The number of methoxy groups -OCH3 is 1. The monoisotopic (exact) mass is 521 g/mol. The molecule has 1 aromatic rings. The summed E-state index contributed by atoms with van der Waals surface area (Å²) in [4.78, 5) is 8.57. The van der Waals surface area contributed by atoms with Gasteiger partial charge in [0.1, 0.15) is 0 Å². The second-order valence-corrected chi connectivity index (χ2v) is 8.35. The van der Waals surface area contributed by atoms with Crippen molar-refractivity contribution in [2.24, 2.45) is 4.99 Å². The van der Waals surface area contributed by atoms with E-state index in [1.165, 1.54) is 4.90 Å². The molecule has 1 N–H and O–H groups in total. The van der Waals surface area contributed by atoms with Crippen molar-refractivity contribution in [2.75, 3.05) is 46.5 Å². The maximum absolute atomic E-state index is 5.97. The van der Waals surface area contributed by atoms with Crippen LogP contribution in [0.3, 0.4) is 0 Å². The van der Waals surface area contributed by atoms with Gasteiger partial charge in [0.15, 0.2) is 5.96 Å². The molecule has 1 fully saturated rings. The minimum Gasteiger partial charge on any atom is -0.385 e. The average Bonchev–Trinajstić information content (AvgIpc) is 2.70. The van der Waals surface area contributed by atoms with Crippen molar-refractivity contribution in [1.29, 1.82) is 0 Å². The fourth-order valence-corrected chi connectivity index (χ4v) is 4.02. The minimum absolute atomic E-state index is 0. The third-order valence-electron chi connectivity index (χ3n) is 4.50. The molecule has 0 radical (unpaired) electrons. The van der Waals surface area contributed by atoms with E-state index in [-0.39, 0.29) is 24.0 Å². The number of aliphatic imine (C=N–C) groups is 1. The van der Waals surface area contributed by atoms with Crippen LogP contribution in [0.15, 0.2) is 40.2 Å². The van der Waals surface area contributed by atoms with Crippen molar-refractivity contribution < 1.29 is 9.47 Å². The number of hydrogen-bond donors (Lipinski definition) is 1. The van der Waals surface area contributed by atoms with Gasteiger partial charge in [-0.2, -0.15) is 0 Å². The molecule has 2 rings (SSSR count). The van der Waals surface area contributed by atoms with Gasteiger partial charge < -0.3 is 19.7 Å². The van der Waals surface area contributed by atoms with E-state index < -0.39 is 0 Å². The van der Waals surface area contributed by atoms with E-state index in [0.29, 0.717) is 11.4 Å². The fraction of sp³-hybridized carbons (Fsp3) is 0.667. The molecule has 1 atom stereocenters. The summed E-state index contributed by atoms with van der Waals surface area (Å²) >= 11 is 1.88. The van der Waals surface area contributed by atoms with Gasteiger partial charge in [0.25, 0.3) is 0 Å². The molecule has 1 saturated heterocycles. The Morgan fingerprint density at radius 2 is 1.96 bits per heavy atom. The fourth-order valence-electron chi connectivity index (χ4n) is 3.10. The van der Waals surface area contributed by atoms with Crippen LogP contribution in [0, 0.1) is 0 Å². The van der Waals surface area contributed by atoms with Crippen LogP contribution in [0.1, 0.15) is 33.1 Å². The number of piperidine rings is 1. The zero-order chi connectivity index (χ0) is 19.3. The molecule has 0 bridgehead atoms. The molecule has 160 valence electrons. The molecule has 1 aromatic carbocycles. The molecule has 28 heavy (non-hydrogen) atoms. The van der Waals surface area contributed by atoms with E-state index in [9.17, 15) is 0 Å². The third kappa shape index (κ3) is 9.80. The second-order valence-electron chi connectivity index (χ2n) is 6.84. The number of benzene rings is 1. The van der Waals surface area contributed by atoms with E-state index in [1.54, 1.807) is 7.11 Å². The first-order chi connectivity index (χ1) is 13.2. The summed E-state index contributed by atoms with van der Waals surface area (Å²) in [5.74, 6) is 1.04. The Morgan fingerprint density at radius 1 is 1.25 bits per heavy atom. The highest BCUT2D eigenvalue weighted by Gasteiger charge is 2.22. The normalized spacial score (nSPS) is 16.5. The highest BCUT2D eigenvalue weighted by molar-refractivity contribution is 14.0. The molecule has 7 heteroatoms. The van der Waals surface area contributed by atoms with Crippen LogP contribution in [0.25, 0.3) is 0 Å². The molecule has 0 aliphatic carbocycles. The maximum Gasteiger partial charge on any atom is 0.193 e. The topological polar surface area (TPSA) is 46.1 Å². The van der Waals surface area contributed by atoms with Crippen molar-refractivity contribution in [3.05, 3.63) is 30.3 Å². The first-order valence-electron chi connectivity index (χ1n) is 10.1. The van der Waals surface area contributed by atoms with Crippen LogP contribution in [0.4, 0.5) is 0 Å². The molecule has 1 heterocycles. The predicted molar refractivity (Wildman–Crippen MR) is 130 cm³/mol. The lowest BCUT2D eigenvalue weighted by Gasteiger charge is -2.34. The van der Waals surface area contributed by atoms with E-state index in [2.05, 4.69) is 54.4 Å². The summed E-state index contributed by atoms with van der Waals surface area (Å²) in [6, 6.07) is 10.6. The van der Waals surface area contributed by atoms with Gasteiger partial charge in [0.2, 0.25) is 0 Å². The standard InChI is InChI=1S/C21H35N3O2S.HI/c1-4-22-21(23-17-18(2)27-20-9-6-5-7-10-20)24-13-11-19(12-14-24)26-16-8-15-25-3;/h5-7,9-10,18-19H,4,8,11-17H2,1-3H3,(H,22,23);1H. The van der Waals surface area contributed by atoms with E-state index in [4.69, 9.17) is 14.5 Å². The number of thioether (sulfide) groups is 1. The Kier molecular flexibility index (Phi) is 14.0.